The number of benzene rings is 2. The zero-order valence-electron chi connectivity index (χ0n) is 15.4. The highest BCUT2D eigenvalue weighted by Crippen LogP contribution is 2.45. The Morgan fingerprint density at radius 2 is 1.59 bits per heavy atom. The van der Waals surface area contributed by atoms with Crippen LogP contribution < -0.4 is 9.47 Å². The molecule has 0 spiro atoms. The number of ketones is 2. The molecular weight excluding hydrogens is 348 g/mol. The third-order valence-corrected chi connectivity index (χ3v) is 4.65. The van der Waals surface area contributed by atoms with E-state index >= 15 is 0 Å². The molecule has 6 nitrogen and oxygen atoms in total. The summed E-state index contributed by atoms with van der Waals surface area (Å²) in [5.74, 6) is -2.89. The molecule has 0 bridgehead atoms. The standard InChI is InChI=1S/C21H20O6/c1-4-27-21(24)18-17(19(22)12-8-6-5-7-9-12)13-10-15(25-2)16(26-3)11-14(13)20(18)23/h5-11,17-18H,4H2,1-3H3/t17-,18+/m1/s1. The molecule has 0 N–H and O–H groups in total. The largest absolute Gasteiger partial charge is 0.493 e. The smallest absolute Gasteiger partial charge is 0.317 e. The minimum Gasteiger partial charge on any atom is -0.493 e. The van der Waals surface area contributed by atoms with Crippen LogP contribution in [0.4, 0.5) is 0 Å². The molecule has 0 saturated carbocycles. The zero-order chi connectivity index (χ0) is 19.6. The van der Waals surface area contributed by atoms with Crippen molar-refractivity contribution >= 4 is 17.5 Å². The van der Waals surface area contributed by atoms with Crippen LogP contribution in [0.25, 0.3) is 0 Å². The third kappa shape index (κ3) is 3.18. The molecule has 0 saturated heterocycles. The molecule has 3 rings (SSSR count). The molecule has 140 valence electrons. The summed E-state index contributed by atoms with van der Waals surface area (Å²) in [6, 6.07) is 11.7. The summed E-state index contributed by atoms with van der Waals surface area (Å²) in [5.41, 5.74) is 1.15. The van der Waals surface area contributed by atoms with Gasteiger partial charge in [0.05, 0.1) is 26.7 Å². The quantitative estimate of drug-likeness (QED) is 0.443. The van der Waals surface area contributed by atoms with Crippen LogP contribution in [0.15, 0.2) is 42.5 Å². The van der Waals surface area contributed by atoms with Gasteiger partial charge in [-0.15, -0.1) is 0 Å². The van der Waals surface area contributed by atoms with Gasteiger partial charge in [-0.2, -0.15) is 0 Å². The maximum Gasteiger partial charge on any atom is 0.317 e. The fraction of sp³-hybridized carbons (Fsp3) is 0.286. The van der Waals surface area contributed by atoms with E-state index < -0.39 is 23.6 Å². The van der Waals surface area contributed by atoms with Crippen molar-refractivity contribution in [2.45, 2.75) is 12.8 Å². The van der Waals surface area contributed by atoms with Gasteiger partial charge in [-0.1, -0.05) is 30.3 Å². The van der Waals surface area contributed by atoms with E-state index in [1.165, 1.54) is 20.3 Å². The number of hydrogen-bond acceptors (Lipinski definition) is 6. The Bertz CT molecular complexity index is 887. The van der Waals surface area contributed by atoms with Gasteiger partial charge >= 0.3 is 5.97 Å². The van der Waals surface area contributed by atoms with Crippen LogP contribution in [0.5, 0.6) is 11.5 Å². The molecule has 0 radical (unpaired) electrons. The normalized spacial score (nSPS) is 18.0. The third-order valence-electron chi connectivity index (χ3n) is 4.65. The minimum absolute atomic E-state index is 0.123. The van der Waals surface area contributed by atoms with Crippen LogP contribution in [0, 0.1) is 5.92 Å². The minimum atomic E-state index is -1.22. The highest BCUT2D eigenvalue weighted by atomic mass is 16.5. The number of methoxy groups -OCH3 is 2. The van der Waals surface area contributed by atoms with Gasteiger partial charge in [0.25, 0.3) is 0 Å². The average molecular weight is 368 g/mol. The van der Waals surface area contributed by atoms with Crippen LogP contribution in [-0.4, -0.2) is 38.4 Å². The fourth-order valence-corrected chi connectivity index (χ4v) is 3.41. The molecular formula is C21H20O6. The molecule has 0 aliphatic heterocycles. The first-order valence-corrected chi connectivity index (χ1v) is 8.59. The monoisotopic (exact) mass is 368 g/mol. The molecule has 2 aromatic rings. The van der Waals surface area contributed by atoms with Crippen LogP contribution in [0.2, 0.25) is 0 Å². The van der Waals surface area contributed by atoms with Gasteiger partial charge in [-0.05, 0) is 24.6 Å². The van der Waals surface area contributed by atoms with E-state index in [9.17, 15) is 14.4 Å². The molecule has 0 unspecified atom stereocenters. The lowest BCUT2D eigenvalue weighted by molar-refractivity contribution is -0.146. The van der Waals surface area contributed by atoms with E-state index in [-0.39, 0.29) is 18.0 Å². The summed E-state index contributed by atoms with van der Waals surface area (Å²) >= 11 is 0. The Hall–Kier alpha value is -3.15. The van der Waals surface area contributed by atoms with Crippen molar-refractivity contribution in [2.75, 3.05) is 20.8 Å². The summed E-state index contributed by atoms with van der Waals surface area (Å²) in [5, 5.41) is 0. The lowest BCUT2D eigenvalue weighted by Crippen LogP contribution is -2.30. The Balaban J connectivity index is 2.16. The van der Waals surface area contributed by atoms with Gasteiger partial charge in [0, 0.05) is 11.1 Å². The van der Waals surface area contributed by atoms with Crippen LogP contribution in [0.3, 0.4) is 0 Å². The molecule has 0 aromatic heterocycles. The van der Waals surface area contributed by atoms with Crippen molar-refractivity contribution in [1.82, 2.24) is 0 Å². The summed E-state index contributed by atoms with van der Waals surface area (Å²) in [7, 11) is 2.93. The van der Waals surface area contributed by atoms with Crippen molar-refractivity contribution in [3.8, 4) is 11.5 Å². The Labute approximate surface area is 157 Å². The maximum atomic E-state index is 13.2. The van der Waals surface area contributed by atoms with Crippen molar-refractivity contribution in [3.63, 3.8) is 0 Å². The predicted octanol–water partition coefficient (Wildman–Crippen LogP) is 3.05. The molecule has 0 heterocycles. The van der Waals surface area contributed by atoms with E-state index in [1.54, 1.807) is 43.3 Å². The molecule has 1 aliphatic carbocycles. The van der Waals surface area contributed by atoms with Gasteiger partial charge in [-0.3, -0.25) is 14.4 Å². The molecule has 0 amide bonds. The maximum absolute atomic E-state index is 13.2. The number of hydrogen-bond donors (Lipinski definition) is 0. The molecule has 2 atom stereocenters. The molecule has 6 heteroatoms. The summed E-state index contributed by atoms with van der Waals surface area (Å²) in [6.45, 7) is 1.78. The highest BCUT2D eigenvalue weighted by molar-refractivity contribution is 6.20. The van der Waals surface area contributed by atoms with E-state index in [0.717, 1.165) is 0 Å². The molecule has 0 fully saturated rings. The van der Waals surface area contributed by atoms with Gasteiger partial charge < -0.3 is 14.2 Å². The Kier molecular flexibility index (Phi) is 5.26. The number of esters is 1. The first-order chi connectivity index (χ1) is 13.0. The second-order valence-corrected chi connectivity index (χ2v) is 6.10. The number of carbonyl (C=O) groups is 3. The number of ether oxygens (including phenoxy) is 3. The second kappa shape index (κ2) is 7.61. The number of rotatable bonds is 6. The van der Waals surface area contributed by atoms with Crippen molar-refractivity contribution in [1.29, 1.82) is 0 Å². The van der Waals surface area contributed by atoms with E-state index in [4.69, 9.17) is 14.2 Å². The Morgan fingerprint density at radius 3 is 2.19 bits per heavy atom. The number of fused-ring (bicyclic) bond motifs is 1. The summed E-state index contributed by atoms with van der Waals surface area (Å²) in [6.07, 6.45) is 0. The topological polar surface area (TPSA) is 78.9 Å². The van der Waals surface area contributed by atoms with Crippen LogP contribution in [0.1, 0.15) is 39.1 Å². The SMILES string of the molecule is CCOC(=O)[C@@H]1C(=O)c2cc(OC)c(OC)cc2[C@H]1C(=O)c1ccccc1. The molecule has 2 aromatic carbocycles. The van der Waals surface area contributed by atoms with E-state index in [2.05, 4.69) is 0 Å². The van der Waals surface area contributed by atoms with Gasteiger partial charge in [0.15, 0.2) is 23.1 Å². The lowest BCUT2D eigenvalue weighted by atomic mass is 9.85. The highest BCUT2D eigenvalue weighted by Gasteiger charge is 2.49. The lowest BCUT2D eigenvalue weighted by Gasteiger charge is -2.17. The number of Topliss-reactive ketones (excluding diaryl/α,β-unsaturated/α-hetero) is 2. The van der Waals surface area contributed by atoms with Crippen LogP contribution in [-0.2, 0) is 9.53 Å². The zero-order valence-corrected chi connectivity index (χ0v) is 15.4. The second-order valence-electron chi connectivity index (χ2n) is 6.10. The van der Waals surface area contributed by atoms with Gasteiger partial charge in [-0.25, -0.2) is 0 Å². The van der Waals surface area contributed by atoms with Crippen molar-refractivity contribution in [2.24, 2.45) is 5.92 Å². The van der Waals surface area contributed by atoms with Crippen molar-refractivity contribution in [3.05, 3.63) is 59.2 Å². The van der Waals surface area contributed by atoms with E-state index in [1.807, 2.05) is 0 Å². The Morgan fingerprint density at radius 1 is 0.963 bits per heavy atom. The number of carbonyl (C=O) groups excluding carboxylic acids is 3. The first-order valence-electron chi connectivity index (χ1n) is 8.59. The van der Waals surface area contributed by atoms with Gasteiger partial charge in [0.1, 0.15) is 5.92 Å². The molecule has 1 aliphatic rings. The predicted molar refractivity (Wildman–Crippen MR) is 97.5 cm³/mol. The summed E-state index contributed by atoms with van der Waals surface area (Å²) in [4.78, 5) is 38.7. The van der Waals surface area contributed by atoms with E-state index in [0.29, 0.717) is 22.6 Å². The van der Waals surface area contributed by atoms with Crippen LogP contribution >= 0.6 is 0 Å². The average Bonchev–Trinajstić information content (AvgIpc) is 2.98. The fourth-order valence-electron chi connectivity index (χ4n) is 3.41. The van der Waals surface area contributed by atoms with Crippen molar-refractivity contribution < 1.29 is 28.6 Å². The first kappa shape index (κ1) is 18.6. The van der Waals surface area contributed by atoms with Gasteiger partial charge in [0.2, 0.25) is 0 Å². The molecule has 27 heavy (non-hydrogen) atoms. The summed E-state index contributed by atoms with van der Waals surface area (Å²) < 4.78 is 15.6.